The number of ether oxygens (including phenoxy) is 1. The fourth-order valence-electron chi connectivity index (χ4n) is 2.37. The van der Waals surface area contributed by atoms with Gasteiger partial charge in [0.2, 0.25) is 5.78 Å². The largest absolute Gasteiger partial charge is 0.460 e. The van der Waals surface area contributed by atoms with E-state index in [4.69, 9.17) is 0 Å². The number of carbonyl (C=O) groups excluding carboxylic acids is 2. The molecule has 1 aromatic rings. The lowest BCUT2D eigenvalue weighted by atomic mass is 9.91. The number of rotatable bonds is 9. The van der Waals surface area contributed by atoms with Crippen molar-refractivity contribution in [1.29, 1.82) is 0 Å². The molecule has 36 heavy (non-hydrogen) atoms. The number of alkyl halides is 15. The van der Waals surface area contributed by atoms with Crippen LogP contribution in [-0.2, 0) is 9.53 Å². The molecule has 206 valence electrons. The van der Waals surface area contributed by atoms with Gasteiger partial charge >= 0.3 is 47.7 Å². The molecule has 0 fully saturated rings. The van der Waals surface area contributed by atoms with Crippen LogP contribution in [0.25, 0.3) is 0 Å². The van der Waals surface area contributed by atoms with Crippen LogP contribution in [0.3, 0.4) is 0 Å². The Balaban J connectivity index is 3.48. The van der Waals surface area contributed by atoms with Crippen molar-refractivity contribution in [1.82, 2.24) is 0 Å². The van der Waals surface area contributed by atoms with Crippen LogP contribution in [0, 0.1) is 0 Å². The zero-order valence-corrected chi connectivity index (χ0v) is 17.3. The topological polar surface area (TPSA) is 43.4 Å². The lowest BCUT2D eigenvalue weighted by molar-refractivity contribution is -0.450. The third-order valence-electron chi connectivity index (χ3n) is 4.51. The number of halogens is 15. The molecule has 0 heterocycles. The Hall–Kier alpha value is -2.69. The van der Waals surface area contributed by atoms with Gasteiger partial charge in [0, 0.05) is 5.56 Å². The molecule has 0 bridgehead atoms. The third-order valence-corrected chi connectivity index (χ3v) is 4.51. The normalized spacial score (nSPS) is 15.0. The van der Waals surface area contributed by atoms with Crippen molar-refractivity contribution in [3.63, 3.8) is 0 Å². The van der Waals surface area contributed by atoms with E-state index in [2.05, 4.69) is 4.74 Å². The molecule has 18 heteroatoms. The van der Waals surface area contributed by atoms with Gasteiger partial charge in [-0.3, -0.25) is 4.79 Å². The summed E-state index contributed by atoms with van der Waals surface area (Å²) in [5.41, 5.74) is -3.38. The first-order valence-electron chi connectivity index (χ1n) is 8.81. The summed E-state index contributed by atoms with van der Waals surface area (Å²) in [6.45, 7) is 0.860. The second kappa shape index (κ2) is 8.71. The summed E-state index contributed by atoms with van der Waals surface area (Å²) in [6.07, 6.45) is -7.74. The van der Waals surface area contributed by atoms with Crippen LogP contribution in [0.1, 0.15) is 24.2 Å². The van der Waals surface area contributed by atoms with E-state index in [0.717, 1.165) is 24.3 Å². The first-order chi connectivity index (χ1) is 15.6. The Morgan fingerprint density at radius 1 is 0.583 bits per heavy atom. The van der Waals surface area contributed by atoms with E-state index in [1.807, 2.05) is 0 Å². The lowest BCUT2D eigenvalue weighted by Gasteiger charge is -2.41. The van der Waals surface area contributed by atoms with Gasteiger partial charge in [0.1, 0.15) is 0 Å². The van der Waals surface area contributed by atoms with E-state index in [1.165, 1.54) is 6.07 Å². The Labute approximate surface area is 190 Å². The van der Waals surface area contributed by atoms with Crippen LogP contribution in [0.2, 0.25) is 0 Å². The van der Waals surface area contributed by atoms with Gasteiger partial charge in [-0.05, 0) is 13.8 Å². The van der Waals surface area contributed by atoms with E-state index < -0.39 is 64.6 Å². The monoisotopic (exact) mass is 560 g/mol. The minimum Gasteiger partial charge on any atom is -0.447 e. The van der Waals surface area contributed by atoms with Gasteiger partial charge in [0.25, 0.3) is 0 Å². The van der Waals surface area contributed by atoms with Gasteiger partial charge in [-0.25, -0.2) is 4.79 Å². The Morgan fingerprint density at radius 3 is 1.33 bits per heavy atom. The van der Waals surface area contributed by atoms with Crippen LogP contribution >= 0.6 is 0 Å². The molecule has 1 rings (SSSR count). The highest BCUT2D eigenvalue weighted by Gasteiger charge is 2.94. The van der Waals surface area contributed by atoms with Crippen LogP contribution in [0.15, 0.2) is 30.3 Å². The van der Waals surface area contributed by atoms with Crippen molar-refractivity contribution in [2.45, 2.75) is 61.2 Å². The van der Waals surface area contributed by atoms with E-state index >= 15 is 0 Å². The Morgan fingerprint density at radius 2 is 0.944 bits per heavy atom. The minimum absolute atomic E-state index is 0.430. The second-order valence-electron chi connectivity index (χ2n) is 7.54. The SMILES string of the molecule is CC(C)(OC(=O)C(F)(F)C(F)(F)C(F)(F)C(F)(F)C(F)(F)C(F)(F)C(F)(F)F)C(=O)c1ccccc1. The number of benzene rings is 1. The summed E-state index contributed by atoms with van der Waals surface area (Å²) >= 11 is 0. The minimum atomic E-state index is -8.54. The molecule has 0 saturated heterocycles. The maximum Gasteiger partial charge on any atom is 0.460 e. The number of ketones is 1. The summed E-state index contributed by atoms with van der Waals surface area (Å²) in [5, 5.41) is 0. The molecule has 0 saturated carbocycles. The van der Waals surface area contributed by atoms with Crippen molar-refractivity contribution < 1.29 is 80.2 Å². The van der Waals surface area contributed by atoms with Gasteiger partial charge in [-0.1, -0.05) is 30.3 Å². The molecular weight excluding hydrogens is 549 g/mol. The fraction of sp³-hybridized carbons (Fsp3) is 0.556. The highest BCUT2D eigenvalue weighted by molar-refractivity contribution is 6.03. The van der Waals surface area contributed by atoms with Gasteiger partial charge in [-0.15, -0.1) is 0 Å². The molecule has 0 aliphatic carbocycles. The quantitative estimate of drug-likeness (QED) is 0.195. The summed E-state index contributed by atoms with van der Waals surface area (Å²) < 4.78 is 202. The fourth-order valence-corrected chi connectivity index (χ4v) is 2.37. The Kier molecular flexibility index (Phi) is 7.58. The molecule has 0 N–H and O–H groups in total. The second-order valence-corrected chi connectivity index (χ2v) is 7.54. The summed E-state index contributed by atoms with van der Waals surface area (Å²) in [6, 6.07) is 5.55. The predicted octanol–water partition coefficient (Wildman–Crippen LogP) is 6.57. The molecular formula is C18H11F15O3. The van der Waals surface area contributed by atoms with E-state index in [-0.39, 0.29) is 0 Å². The zero-order valence-electron chi connectivity index (χ0n) is 17.3. The van der Waals surface area contributed by atoms with Crippen molar-refractivity contribution in [3.8, 4) is 0 Å². The van der Waals surface area contributed by atoms with Crippen molar-refractivity contribution in [2.24, 2.45) is 0 Å². The van der Waals surface area contributed by atoms with E-state index in [1.54, 1.807) is 0 Å². The average molecular weight is 560 g/mol. The first-order valence-corrected chi connectivity index (χ1v) is 8.81. The Bertz CT molecular complexity index is 981. The predicted molar refractivity (Wildman–Crippen MR) is 86.7 cm³/mol. The van der Waals surface area contributed by atoms with Crippen molar-refractivity contribution >= 4 is 11.8 Å². The zero-order chi connectivity index (χ0) is 29.0. The van der Waals surface area contributed by atoms with Crippen LogP contribution in [-0.4, -0.2) is 59.1 Å². The number of hydrogen-bond donors (Lipinski definition) is 0. The molecule has 1 aromatic carbocycles. The highest BCUT2D eigenvalue weighted by Crippen LogP contribution is 2.62. The van der Waals surface area contributed by atoms with Crippen molar-refractivity contribution in [2.75, 3.05) is 0 Å². The first kappa shape index (κ1) is 31.3. The molecule has 0 unspecified atom stereocenters. The molecule has 0 atom stereocenters. The van der Waals surface area contributed by atoms with Crippen molar-refractivity contribution in [3.05, 3.63) is 35.9 Å². The molecule has 0 amide bonds. The summed E-state index contributed by atoms with van der Waals surface area (Å²) in [5.74, 6) is -54.3. The standard InChI is InChI=1S/C18H11F15O3/c1-11(2,9(34)8-6-4-3-5-7-8)36-10(35)12(19,20)13(21,22)14(23,24)15(25,26)16(27,28)17(29,30)18(31,32)33/h3-7H,1-2H3. The van der Waals surface area contributed by atoms with E-state index in [0.29, 0.717) is 13.8 Å². The van der Waals surface area contributed by atoms with Gasteiger partial charge < -0.3 is 4.74 Å². The molecule has 0 radical (unpaired) electrons. The summed E-state index contributed by atoms with van der Waals surface area (Å²) in [4.78, 5) is 23.7. The van der Waals surface area contributed by atoms with E-state index in [9.17, 15) is 75.4 Å². The molecule has 0 aliphatic heterocycles. The molecule has 0 aliphatic rings. The maximum atomic E-state index is 13.9. The van der Waals surface area contributed by atoms with Crippen LogP contribution < -0.4 is 0 Å². The number of carbonyl (C=O) groups is 2. The maximum absolute atomic E-state index is 13.9. The van der Waals surface area contributed by atoms with Crippen LogP contribution in [0.5, 0.6) is 0 Å². The third kappa shape index (κ3) is 4.46. The summed E-state index contributed by atoms with van der Waals surface area (Å²) in [7, 11) is 0. The number of Topliss-reactive ketones (excluding diaryl/α,β-unsaturated/α-hetero) is 1. The number of hydrogen-bond acceptors (Lipinski definition) is 3. The lowest BCUT2D eigenvalue weighted by Crippen LogP contribution is -2.73. The average Bonchev–Trinajstić information content (AvgIpc) is 2.71. The van der Waals surface area contributed by atoms with Gasteiger partial charge in [0.05, 0.1) is 0 Å². The molecule has 0 spiro atoms. The van der Waals surface area contributed by atoms with Crippen LogP contribution in [0.4, 0.5) is 65.9 Å². The molecule has 3 nitrogen and oxygen atoms in total. The van der Waals surface area contributed by atoms with Gasteiger partial charge in [0.15, 0.2) is 5.60 Å². The number of esters is 1. The highest BCUT2D eigenvalue weighted by atomic mass is 19.4. The van der Waals surface area contributed by atoms with Gasteiger partial charge in [-0.2, -0.15) is 65.9 Å². The molecule has 0 aromatic heterocycles. The smallest absolute Gasteiger partial charge is 0.447 e.